The first-order chi connectivity index (χ1) is 9.60. The molecule has 0 radical (unpaired) electrons. The third-order valence-corrected chi connectivity index (χ3v) is 3.78. The first-order valence-electron chi connectivity index (χ1n) is 5.96. The van der Waals surface area contributed by atoms with E-state index in [0.29, 0.717) is 12.2 Å². The van der Waals surface area contributed by atoms with Crippen LogP contribution in [0.15, 0.2) is 47.4 Å². The average Bonchev–Trinajstić information content (AvgIpc) is 2.46. The number of benzene rings is 2. The van der Waals surface area contributed by atoms with Gasteiger partial charge in [-0.1, -0.05) is 12.1 Å². The van der Waals surface area contributed by atoms with E-state index in [1.807, 2.05) is 30.3 Å². The van der Waals surface area contributed by atoms with Crippen LogP contribution >= 0.6 is 0 Å². The molecule has 0 heterocycles. The van der Waals surface area contributed by atoms with Crippen LogP contribution in [-0.4, -0.2) is 10.5 Å². The Labute approximate surface area is 119 Å². The van der Waals surface area contributed by atoms with Crippen LogP contribution in [0.25, 0.3) is 0 Å². The lowest BCUT2D eigenvalue weighted by Gasteiger charge is -2.08. The number of rotatable bonds is 4. The highest BCUT2D eigenvalue weighted by Crippen LogP contribution is 2.17. The van der Waals surface area contributed by atoms with Crippen molar-refractivity contribution in [2.24, 2.45) is 0 Å². The van der Waals surface area contributed by atoms with Gasteiger partial charge in [-0.15, -0.1) is 0 Å². The maximum absolute atomic E-state index is 13.0. The number of nitrogens with one attached hydrogen (secondary N) is 1. The number of nitrogens with zero attached hydrogens (tertiary/aromatic N) is 1. The Kier molecular flexibility index (Phi) is 4.49. The summed E-state index contributed by atoms with van der Waals surface area (Å²) in [5, 5.41) is 12.0. The topological polar surface area (TPSA) is 52.9 Å². The zero-order valence-electron chi connectivity index (χ0n) is 10.9. The van der Waals surface area contributed by atoms with Crippen molar-refractivity contribution in [3.8, 4) is 6.07 Å². The molecule has 1 atom stereocenters. The summed E-state index contributed by atoms with van der Waals surface area (Å²) < 4.78 is 24.3. The Balaban J connectivity index is 2.09. The van der Waals surface area contributed by atoms with Gasteiger partial charge in [0.1, 0.15) is 11.9 Å². The summed E-state index contributed by atoms with van der Waals surface area (Å²) in [4.78, 5) is 0.772. The standard InChI is InChI=1S/C15H13FN2OS/c1-20(19)14-5-2-11(3-6-14)10-18-15-7-4-13(16)8-12(15)9-17/h2-8,18H,10H2,1H3/t20-/m1/s1. The predicted octanol–water partition coefficient (Wildman–Crippen LogP) is 3.05. The van der Waals surface area contributed by atoms with E-state index in [1.165, 1.54) is 12.1 Å². The highest BCUT2D eigenvalue weighted by molar-refractivity contribution is 7.84. The van der Waals surface area contributed by atoms with Crippen LogP contribution in [-0.2, 0) is 17.3 Å². The van der Waals surface area contributed by atoms with Gasteiger partial charge in [0.05, 0.1) is 11.3 Å². The lowest BCUT2D eigenvalue weighted by molar-refractivity contribution is 0.627. The van der Waals surface area contributed by atoms with Gasteiger partial charge in [0.2, 0.25) is 0 Å². The molecule has 0 saturated carbocycles. The van der Waals surface area contributed by atoms with Crippen LogP contribution in [0.2, 0.25) is 0 Å². The second-order valence-electron chi connectivity index (χ2n) is 4.25. The molecule has 2 aromatic carbocycles. The van der Waals surface area contributed by atoms with E-state index in [-0.39, 0.29) is 5.56 Å². The fraction of sp³-hybridized carbons (Fsp3) is 0.133. The molecule has 1 N–H and O–H groups in total. The van der Waals surface area contributed by atoms with Gasteiger partial charge < -0.3 is 5.32 Å². The molecule has 0 amide bonds. The Morgan fingerprint density at radius 3 is 2.55 bits per heavy atom. The van der Waals surface area contributed by atoms with Crippen molar-refractivity contribution < 1.29 is 8.60 Å². The molecule has 0 spiro atoms. The van der Waals surface area contributed by atoms with Crippen molar-refractivity contribution in [3.63, 3.8) is 0 Å². The lowest BCUT2D eigenvalue weighted by atomic mass is 10.1. The number of hydrogen-bond donors (Lipinski definition) is 1. The van der Waals surface area contributed by atoms with Crippen molar-refractivity contribution >= 4 is 16.5 Å². The van der Waals surface area contributed by atoms with Crippen LogP contribution < -0.4 is 5.32 Å². The van der Waals surface area contributed by atoms with Crippen molar-refractivity contribution in [2.75, 3.05) is 11.6 Å². The van der Waals surface area contributed by atoms with Crippen molar-refractivity contribution in [3.05, 3.63) is 59.4 Å². The summed E-state index contributed by atoms with van der Waals surface area (Å²) in [6.45, 7) is 0.511. The first kappa shape index (κ1) is 14.2. The minimum Gasteiger partial charge on any atom is -0.380 e. The molecule has 102 valence electrons. The lowest BCUT2D eigenvalue weighted by Crippen LogP contribution is -2.02. The Morgan fingerprint density at radius 1 is 1.25 bits per heavy atom. The summed E-state index contributed by atoms with van der Waals surface area (Å²) in [7, 11) is -0.990. The molecule has 0 aliphatic rings. The monoisotopic (exact) mass is 288 g/mol. The normalized spacial score (nSPS) is 11.7. The van der Waals surface area contributed by atoms with Gasteiger partial charge in [-0.3, -0.25) is 4.21 Å². The molecule has 2 aromatic rings. The van der Waals surface area contributed by atoms with Crippen LogP contribution in [0, 0.1) is 17.1 Å². The highest BCUT2D eigenvalue weighted by atomic mass is 32.2. The van der Waals surface area contributed by atoms with E-state index in [4.69, 9.17) is 5.26 Å². The number of hydrogen-bond acceptors (Lipinski definition) is 3. The smallest absolute Gasteiger partial charge is 0.124 e. The SMILES string of the molecule is C[S@@](=O)c1ccc(CNc2ccc(F)cc2C#N)cc1. The number of anilines is 1. The molecular weight excluding hydrogens is 275 g/mol. The predicted molar refractivity (Wildman–Crippen MR) is 77.2 cm³/mol. The fourth-order valence-electron chi connectivity index (χ4n) is 1.76. The molecule has 0 aliphatic carbocycles. The average molecular weight is 288 g/mol. The van der Waals surface area contributed by atoms with E-state index in [9.17, 15) is 8.60 Å². The van der Waals surface area contributed by atoms with Crippen molar-refractivity contribution in [1.29, 1.82) is 5.26 Å². The number of halogens is 1. The number of nitriles is 1. The highest BCUT2D eigenvalue weighted by Gasteiger charge is 2.04. The summed E-state index contributed by atoms with van der Waals surface area (Å²) >= 11 is 0. The molecule has 0 aliphatic heterocycles. The molecule has 0 fully saturated rings. The Hall–Kier alpha value is -2.19. The summed E-state index contributed by atoms with van der Waals surface area (Å²) in [5.74, 6) is -0.429. The van der Waals surface area contributed by atoms with Crippen LogP contribution in [0.4, 0.5) is 10.1 Å². The van der Waals surface area contributed by atoms with E-state index in [2.05, 4.69) is 5.32 Å². The second-order valence-corrected chi connectivity index (χ2v) is 5.63. The van der Waals surface area contributed by atoms with Gasteiger partial charge >= 0.3 is 0 Å². The van der Waals surface area contributed by atoms with Gasteiger partial charge in [0.15, 0.2) is 0 Å². The maximum atomic E-state index is 13.0. The molecule has 2 rings (SSSR count). The van der Waals surface area contributed by atoms with Gasteiger partial charge in [-0.05, 0) is 35.9 Å². The quantitative estimate of drug-likeness (QED) is 0.940. The maximum Gasteiger partial charge on any atom is 0.124 e. The summed E-state index contributed by atoms with van der Waals surface area (Å²) in [5.41, 5.74) is 1.86. The molecule has 20 heavy (non-hydrogen) atoms. The van der Waals surface area contributed by atoms with Crippen molar-refractivity contribution in [2.45, 2.75) is 11.4 Å². The molecule has 5 heteroatoms. The summed E-state index contributed by atoms with van der Waals surface area (Å²) in [6, 6.07) is 13.4. The van der Waals surface area contributed by atoms with Gasteiger partial charge in [-0.25, -0.2) is 4.39 Å². The Bertz CT molecular complexity index is 677. The minimum atomic E-state index is -0.990. The molecule has 3 nitrogen and oxygen atoms in total. The van der Waals surface area contributed by atoms with E-state index < -0.39 is 16.6 Å². The van der Waals surface area contributed by atoms with E-state index >= 15 is 0 Å². The minimum absolute atomic E-state index is 0.274. The molecule has 0 bridgehead atoms. The molecule has 0 saturated heterocycles. The zero-order valence-corrected chi connectivity index (χ0v) is 11.7. The second kappa shape index (κ2) is 6.31. The van der Waals surface area contributed by atoms with Crippen molar-refractivity contribution in [1.82, 2.24) is 0 Å². The molecule has 0 aromatic heterocycles. The summed E-state index contributed by atoms with van der Waals surface area (Å²) in [6.07, 6.45) is 1.63. The molecular formula is C15H13FN2OS. The van der Waals surface area contributed by atoms with Gasteiger partial charge in [-0.2, -0.15) is 5.26 Å². The zero-order chi connectivity index (χ0) is 14.5. The van der Waals surface area contributed by atoms with Gasteiger partial charge in [0.25, 0.3) is 0 Å². The van der Waals surface area contributed by atoms with E-state index in [1.54, 1.807) is 12.3 Å². The van der Waals surface area contributed by atoms with Crippen LogP contribution in [0.1, 0.15) is 11.1 Å². The largest absolute Gasteiger partial charge is 0.380 e. The van der Waals surface area contributed by atoms with E-state index in [0.717, 1.165) is 10.5 Å². The third-order valence-electron chi connectivity index (χ3n) is 2.84. The first-order valence-corrected chi connectivity index (χ1v) is 7.52. The third kappa shape index (κ3) is 3.43. The molecule has 0 unspecified atom stereocenters. The van der Waals surface area contributed by atoms with Crippen LogP contribution in [0.3, 0.4) is 0 Å². The Morgan fingerprint density at radius 2 is 1.95 bits per heavy atom. The fourth-order valence-corrected chi connectivity index (χ4v) is 2.28. The van der Waals surface area contributed by atoms with Crippen LogP contribution in [0.5, 0.6) is 0 Å². The van der Waals surface area contributed by atoms with Gasteiger partial charge in [0, 0.05) is 28.5 Å².